The van der Waals surface area contributed by atoms with Gasteiger partial charge >= 0.3 is 5.97 Å². The molecule has 1 rings (SSSR count). The number of hydrogen-bond acceptors (Lipinski definition) is 3. The summed E-state index contributed by atoms with van der Waals surface area (Å²) in [7, 11) is 1.56. The lowest BCUT2D eigenvalue weighted by Gasteiger charge is -2.07. The monoisotopic (exact) mass is 261 g/mol. The number of amides is 1. The molecular weight excluding hydrogens is 246 g/mol. The van der Waals surface area contributed by atoms with Gasteiger partial charge in [-0.25, -0.2) is 4.79 Å². The average Bonchev–Trinajstić information content (AvgIpc) is 2.66. The van der Waals surface area contributed by atoms with E-state index in [1.165, 1.54) is 16.7 Å². The molecule has 0 atom stereocenters. The Hall–Kier alpha value is -2.55. The zero-order valence-electron chi connectivity index (χ0n) is 11.0. The summed E-state index contributed by atoms with van der Waals surface area (Å²) in [5.74, 6) is -1.54. The number of aromatic carboxylic acids is 1. The van der Waals surface area contributed by atoms with E-state index >= 15 is 0 Å². The van der Waals surface area contributed by atoms with Crippen LogP contribution in [0.15, 0.2) is 17.7 Å². The molecule has 1 heterocycles. The summed E-state index contributed by atoms with van der Waals surface area (Å²) < 4.78 is 1.41. The van der Waals surface area contributed by atoms with Gasteiger partial charge in [0.05, 0.1) is 0 Å². The molecule has 0 fully saturated rings. The Morgan fingerprint density at radius 1 is 1.47 bits per heavy atom. The Labute approximate surface area is 111 Å². The lowest BCUT2D eigenvalue weighted by atomic mass is 10.2. The number of carboxylic acids is 1. The van der Waals surface area contributed by atoms with Crippen LogP contribution in [-0.2, 0) is 11.8 Å². The second kappa shape index (κ2) is 5.87. The number of hydrogen-bond donors (Lipinski definition) is 2. The fourth-order valence-electron chi connectivity index (χ4n) is 1.52. The molecule has 0 bridgehead atoms. The van der Waals surface area contributed by atoms with Gasteiger partial charge < -0.3 is 15.0 Å². The third-order valence-electron chi connectivity index (χ3n) is 2.46. The average molecular weight is 261 g/mol. The first kappa shape index (κ1) is 14.5. The molecule has 0 saturated heterocycles. The van der Waals surface area contributed by atoms with Crippen molar-refractivity contribution in [2.75, 3.05) is 0 Å². The van der Waals surface area contributed by atoms with Crippen molar-refractivity contribution in [1.29, 1.82) is 5.26 Å². The molecule has 0 unspecified atom stereocenters. The van der Waals surface area contributed by atoms with E-state index in [4.69, 9.17) is 10.4 Å². The van der Waals surface area contributed by atoms with Crippen molar-refractivity contribution in [3.8, 4) is 6.07 Å². The van der Waals surface area contributed by atoms with E-state index in [9.17, 15) is 9.59 Å². The first-order valence-corrected chi connectivity index (χ1v) is 5.68. The lowest BCUT2D eigenvalue weighted by molar-refractivity contribution is -0.117. The van der Waals surface area contributed by atoms with Gasteiger partial charge in [-0.1, -0.05) is 0 Å². The summed E-state index contributed by atoms with van der Waals surface area (Å²) in [6.45, 7) is 3.58. The van der Waals surface area contributed by atoms with E-state index in [1.54, 1.807) is 27.0 Å². The molecule has 0 spiro atoms. The maximum Gasteiger partial charge on any atom is 0.352 e. The number of nitrogens with zero attached hydrogens (tertiary/aromatic N) is 2. The van der Waals surface area contributed by atoms with Gasteiger partial charge in [0.2, 0.25) is 0 Å². The van der Waals surface area contributed by atoms with E-state index in [0.29, 0.717) is 5.69 Å². The van der Waals surface area contributed by atoms with Crippen molar-refractivity contribution >= 4 is 18.0 Å². The molecule has 100 valence electrons. The minimum atomic E-state index is -1.06. The maximum atomic E-state index is 11.7. The van der Waals surface area contributed by atoms with E-state index in [1.807, 2.05) is 6.07 Å². The predicted octanol–water partition coefficient (Wildman–Crippen LogP) is 1.15. The molecular formula is C13H15N3O3. The Balaban J connectivity index is 3.09. The minimum absolute atomic E-state index is 0.0631. The van der Waals surface area contributed by atoms with E-state index < -0.39 is 11.9 Å². The van der Waals surface area contributed by atoms with Gasteiger partial charge in [-0.3, -0.25) is 4.79 Å². The van der Waals surface area contributed by atoms with Crippen molar-refractivity contribution in [3.63, 3.8) is 0 Å². The lowest BCUT2D eigenvalue weighted by Crippen LogP contribution is -2.31. The van der Waals surface area contributed by atoms with Crippen LogP contribution in [0.1, 0.15) is 30.0 Å². The third-order valence-corrected chi connectivity index (χ3v) is 2.46. The van der Waals surface area contributed by atoms with E-state index in [-0.39, 0.29) is 17.3 Å². The Morgan fingerprint density at radius 2 is 2.11 bits per heavy atom. The van der Waals surface area contributed by atoms with Gasteiger partial charge in [-0.15, -0.1) is 0 Å². The van der Waals surface area contributed by atoms with Crippen LogP contribution in [-0.4, -0.2) is 27.6 Å². The van der Waals surface area contributed by atoms with Gasteiger partial charge in [0.25, 0.3) is 5.91 Å². The molecule has 2 N–H and O–H groups in total. The second-order valence-corrected chi connectivity index (χ2v) is 4.31. The van der Waals surface area contributed by atoms with Crippen LogP contribution < -0.4 is 5.32 Å². The molecule has 0 aliphatic rings. The molecule has 1 aromatic heterocycles. The molecule has 6 heteroatoms. The van der Waals surface area contributed by atoms with Crippen molar-refractivity contribution in [3.05, 3.63) is 29.1 Å². The summed E-state index contributed by atoms with van der Waals surface area (Å²) in [6, 6.07) is 4.70. The Bertz CT molecular complexity index is 576. The van der Waals surface area contributed by atoms with Crippen LogP contribution in [0.2, 0.25) is 0 Å². The molecule has 0 saturated carbocycles. The fraction of sp³-hybridized carbons (Fsp3) is 0.308. The highest BCUT2D eigenvalue weighted by Gasteiger charge is 2.13. The standard InChI is InChI=1S/C13H15N3O3/c1-8(2)15-12(17)9(7-14)6-10-4-5-11(13(18)19)16(10)3/h4-6,8H,1-3H3,(H,15,17)(H,18,19). The number of rotatable bonds is 4. The summed E-state index contributed by atoms with van der Waals surface area (Å²) >= 11 is 0. The largest absolute Gasteiger partial charge is 0.477 e. The van der Waals surface area contributed by atoms with Gasteiger partial charge in [0.1, 0.15) is 17.3 Å². The minimum Gasteiger partial charge on any atom is -0.477 e. The highest BCUT2D eigenvalue weighted by atomic mass is 16.4. The Kier molecular flexibility index (Phi) is 4.48. The molecule has 6 nitrogen and oxygen atoms in total. The smallest absolute Gasteiger partial charge is 0.352 e. The van der Waals surface area contributed by atoms with Crippen LogP contribution in [0.3, 0.4) is 0 Å². The summed E-state index contributed by atoms with van der Waals surface area (Å²) in [5.41, 5.74) is 0.507. The fourth-order valence-corrected chi connectivity index (χ4v) is 1.52. The van der Waals surface area contributed by atoms with Crippen LogP contribution in [0.25, 0.3) is 6.08 Å². The topological polar surface area (TPSA) is 95.1 Å². The Morgan fingerprint density at radius 3 is 2.53 bits per heavy atom. The summed E-state index contributed by atoms with van der Waals surface area (Å²) in [4.78, 5) is 22.6. The summed E-state index contributed by atoms with van der Waals surface area (Å²) in [5, 5.41) is 20.5. The van der Waals surface area contributed by atoms with Crippen molar-refractivity contribution in [2.45, 2.75) is 19.9 Å². The molecule has 0 aliphatic heterocycles. The normalized spacial score (nSPS) is 11.2. The number of nitriles is 1. The van der Waals surface area contributed by atoms with Crippen molar-refractivity contribution in [1.82, 2.24) is 9.88 Å². The maximum absolute atomic E-state index is 11.7. The quantitative estimate of drug-likeness (QED) is 0.628. The highest BCUT2D eigenvalue weighted by molar-refractivity contribution is 6.01. The molecule has 0 aliphatic carbocycles. The van der Waals surface area contributed by atoms with Crippen LogP contribution in [0.5, 0.6) is 0 Å². The molecule has 0 aromatic carbocycles. The van der Waals surface area contributed by atoms with Gasteiger partial charge in [0.15, 0.2) is 0 Å². The molecule has 19 heavy (non-hydrogen) atoms. The van der Waals surface area contributed by atoms with E-state index in [2.05, 4.69) is 5.32 Å². The number of carbonyl (C=O) groups is 2. The molecule has 0 radical (unpaired) electrons. The zero-order chi connectivity index (χ0) is 14.6. The summed E-state index contributed by atoms with van der Waals surface area (Å²) in [6.07, 6.45) is 1.37. The number of carbonyl (C=O) groups excluding carboxylic acids is 1. The molecule has 1 aromatic rings. The van der Waals surface area contributed by atoms with Gasteiger partial charge in [0, 0.05) is 18.8 Å². The van der Waals surface area contributed by atoms with Crippen LogP contribution in [0.4, 0.5) is 0 Å². The van der Waals surface area contributed by atoms with Crippen LogP contribution >= 0.6 is 0 Å². The van der Waals surface area contributed by atoms with Crippen LogP contribution in [0, 0.1) is 11.3 Å². The molecule has 1 amide bonds. The first-order chi connectivity index (χ1) is 8.86. The van der Waals surface area contributed by atoms with Crippen molar-refractivity contribution in [2.24, 2.45) is 7.05 Å². The second-order valence-electron chi connectivity index (χ2n) is 4.31. The van der Waals surface area contributed by atoms with Gasteiger partial charge in [-0.2, -0.15) is 5.26 Å². The number of aromatic nitrogens is 1. The number of carboxylic acid groups (broad SMARTS) is 1. The number of nitrogens with one attached hydrogen (secondary N) is 1. The predicted molar refractivity (Wildman–Crippen MR) is 69.2 cm³/mol. The highest BCUT2D eigenvalue weighted by Crippen LogP contribution is 2.11. The zero-order valence-corrected chi connectivity index (χ0v) is 11.0. The van der Waals surface area contributed by atoms with E-state index in [0.717, 1.165) is 0 Å². The van der Waals surface area contributed by atoms with Gasteiger partial charge in [-0.05, 0) is 32.1 Å². The van der Waals surface area contributed by atoms with Crippen molar-refractivity contribution < 1.29 is 14.7 Å². The third kappa shape index (κ3) is 3.45. The first-order valence-electron chi connectivity index (χ1n) is 5.68. The SMILES string of the molecule is CC(C)NC(=O)C(C#N)=Cc1ccc(C(=O)O)n1C.